The van der Waals surface area contributed by atoms with E-state index in [-0.39, 0.29) is 17.6 Å². The van der Waals surface area contributed by atoms with Gasteiger partial charge in [-0.05, 0) is 56.5 Å². The molecule has 1 unspecified atom stereocenters. The molecule has 0 aliphatic rings. The van der Waals surface area contributed by atoms with Gasteiger partial charge in [0.1, 0.15) is 6.04 Å². The lowest BCUT2D eigenvalue weighted by Gasteiger charge is -2.34. The summed E-state index contributed by atoms with van der Waals surface area (Å²) < 4.78 is 0. The molecule has 3 aromatic carbocycles. The summed E-state index contributed by atoms with van der Waals surface area (Å²) in [6, 6.07) is 25.0. The van der Waals surface area contributed by atoms with Crippen LogP contribution < -0.4 is 5.32 Å². The number of halogens is 1. The van der Waals surface area contributed by atoms with Crippen LogP contribution in [0.2, 0.25) is 5.02 Å². The molecule has 0 fully saturated rings. The first-order valence-corrected chi connectivity index (χ1v) is 13.7. The minimum atomic E-state index is -0.644. The van der Waals surface area contributed by atoms with Crippen LogP contribution in [0.3, 0.4) is 0 Å². The highest BCUT2D eigenvalue weighted by Crippen LogP contribution is 2.20. The van der Waals surface area contributed by atoms with Crippen LogP contribution in [-0.2, 0) is 28.3 Å². The van der Waals surface area contributed by atoms with Gasteiger partial charge in [-0.2, -0.15) is 0 Å². The average molecular weight is 523 g/mol. The summed E-state index contributed by atoms with van der Waals surface area (Å²) in [5.74, 6) is 0.803. The maximum atomic E-state index is 13.7. The Morgan fingerprint density at radius 1 is 0.889 bits per heavy atom. The lowest BCUT2D eigenvalue weighted by atomic mass is 10.0. The van der Waals surface area contributed by atoms with E-state index in [1.165, 1.54) is 11.1 Å². The first-order chi connectivity index (χ1) is 17.1. The number of carbonyl (C=O) groups excluding carboxylic acids is 2. The Kier molecular flexibility index (Phi) is 10.0. The zero-order valence-electron chi connectivity index (χ0n) is 21.5. The van der Waals surface area contributed by atoms with Gasteiger partial charge >= 0.3 is 0 Å². The molecule has 0 saturated carbocycles. The summed E-state index contributed by atoms with van der Waals surface area (Å²) >= 11 is 7.66. The standard InChI is InChI=1S/C30H35ClN2O2S/c1-22-10-12-25(13-11-22)20-36-21-28(34)33(19-24-14-16-26(31)17-15-24)27(29(35)32-30(2,3)4)18-23-8-6-5-7-9-23/h5-17,27H,18-21H2,1-4H3,(H,32,35). The summed E-state index contributed by atoms with van der Waals surface area (Å²) in [6.07, 6.45) is 0.435. The molecule has 3 aromatic rings. The molecule has 0 saturated heterocycles. The van der Waals surface area contributed by atoms with Gasteiger partial charge in [-0.3, -0.25) is 9.59 Å². The number of carbonyl (C=O) groups is 2. The third-order valence-corrected chi connectivity index (χ3v) is 6.89. The van der Waals surface area contributed by atoms with Crippen LogP contribution >= 0.6 is 23.4 Å². The van der Waals surface area contributed by atoms with Crippen molar-refractivity contribution in [2.24, 2.45) is 0 Å². The Morgan fingerprint density at radius 2 is 1.50 bits per heavy atom. The number of nitrogens with zero attached hydrogens (tertiary/aromatic N) is 1. The zero-order chi connectivity index (χ0) is 26.1. The number of hydrogen-bond acceptors (Lipinski definition) is 3. The van der Waals surface area contributed by atoms with Crippen LogP contribution in [0.1, 0.15) is 43.0 Å². The maximum Gasteiger partial charge on any atom is 0.243 e. The fourth-order valence-corrected chi connectivity index (χ4v) is 4.81. The molecule has 2 amide bonds. The Bertz CT molecular complexity index is 1130. The van der Waals surface area contributed by atoms with Crippen molar-refractivity contribution in [3.8, 4) is 0 Å². The van der Waals surface area contributed by atoms with E-state index in [1.54, 1.807) is 16.7 Å². The number of nitrogens with one attached hydrogen (secondary N) is 1. The second-order valence-electron chi connectivity index (χ2n) is 10.1. The SMILES string of the molecule is Cc1ccc(CSCC(=O)N(Cc2ccc(Cl)cc2)C(Cc2ccccc2)C(=O)NC(C)(C)C)cc1. The first-order valence-electron chi connectivity index (χ1n) is 12.1. The van der Waals surface area contributed by atoms with E-state index in [1.807, 2.05) is 75.4 Å². The summed E-state index contributed by atoms with van der Waals surface area (Å²) in [5, 5.41) is 3.73. The third kappa shape index (κ3) is 9.03. The molecule has 0 aromatic heterocycles. The second kappa shape index (κ2) is 13.0. The van der Waals surface area contributed by atoms with E-state index in [0.717, 1.165) is 16.9 Å². The molecular weight excluding hydrogens is 488 g/mol. The molecule has 1 atom stereocenters. The van der Waals surface area contributed by atoms with Gasteiger partial charge in [-0.15, -0.1) is 11.8 Å². The highest BCUT2D eigenvalue weighted by molar-refractivity contribution is 7.99. The quantitative estimate of drug-likeness (QED) is 0.333. The maximum absolute atomic E-state index is 13.7. The minimum Gasteiger partial charge on any atom is -0.350 e. The Balaban J connectivity index is 1.85. The largest absolute Gasteiger partial charge is 0.350 e. The van der Waals surface area contributed by atoms with E-state index in [2.05, 4.69) is 36.5 Å². The summed E-state index contributed by atoms with van der Waals surface area (Å²) in [6.45, 7) is 8.24. The normalized spacial score (nSPS) is 12.1. The minimum absolute atomic E-state index is 0.0629. The Labute approximate surface area is 224 Å². The van der Waals surface area contributed by atoms with Gasteiger partial charge in [0.15, 0.2) is 0 Å². The number of aryl methyl sites for hydroxylation is 1. The van der Waals surface area contributed by atoms with Gasteiger partial charge in [0, 0.05) is 29.3 Å². The topological polar surface area (TPSA) is 49.4 Å². The van der Waals surface area contributed by atoms with Crippen LogP contribution in [0.4, 0.5) is 0 Å². The first kappa shape index (κ1) is 27.8. The number of benzene rings is 3. The molecular formula is C30H35ClN2O2S. The molecule has 3 rings (SSSR count). The molecule has 4 nitrogen and oxygen atoms in total. The zero-order valence-corrected chi connectivity index (χ0v) is 23.0. The number of rotatable bonds is 10. The van der Waals surface area contributed by atoms with Gasteiger partial charge in [-0.25, -0.2) is 0 Å². The predicted molar refractivity (Wildman–Crippen MR) is 151 cm³/mol. The number of hydrogen-bond donors (Lipinski definition) is 1. The molecule has 6 heteroatoms. The molecule has 0 spiro atoms. The number of thioether (sulfide) groups is 1. The molecule has 36 heavy (non-hydrogen) atoms. The van der Waals surface area contributed by atoms with Crippen LogP contribution in [0.5, 0.6) is 0 Å². The molecule has 0 bridgehead atoms. The van der Waals surface area contributed by atoms with Crippen molar-refractivity contribution in [1.29, 1.82) is 0 Å². The lowest BCUT2D eigenvalue weighted by Crippen LogP contribution is -2.54. The highest BCUT2D eigenvalue weighted by atomic mass is 35.5. The molecule has 0 aliphatic heterocycles. The van der Waals surface area contributed by atoms with E-state index < -0.39 is 11.6 Å². The van der Waals surface area contributed by atoms with Crippen molar-refractivity contribution < 1.29 is 9.59 Å². The van der Waals surface area contributed by atoms with Crippen molar-refractivity contribution in [2.75, 3.05) is 5.75 Å². The fourth-order valence-electron chi connectivity index (χ4n) is 3.82. The van der Waals surface area contributed by atoms with Crippen molar-refractivity contribution in [3.63, 3.8) is 0 Å². The Hall–Kier alpha value is -2.76. The smallest absolute Gasteiger partial charge is 0.243 e. The molecule has 190 valence electrons. The van der Waals surface area contributed by atoms with Crippen LogP contribution in [0, 0.1) is 6.92 Å². The van der Waals surface area contributed by atoms with E-state index in [0.29, 0.717) is 18.0 Å². The lowest BCUT2D eigenvalue weighted by molar-refractivity contribution is -0.140. The fraction of sp³-hybridized carbons (Fsp3) is 0.333. The monoisotopic (exact) mass is 522 g/mol. The summed E-state index contributed by atoms with van der Waals surface area (Å²) in [7, 11) is 0. The molecule has 0 heterocycles. The number of amides is 2. The van der Waals surface area contributed by atoms with Crippen LogP contribution in [0.25, 0.3) is 0 Å². The summed E-state index contributed by atoms with van der Waals surface area (Å²) in [4.78, 5) is 28.9. The van der Waals surface area contributed by atoms with E-state index in [4.69, 9.17) is 11.6 Å². The van der Waals surface area contributed by atoms with Gasteiger partial charge in [0.05, 0.1) is 5.75 Å². The molecule has 1 N–H and O–H groups in total. The van der Waals surface area contributed by atoms with Gasteiger partial charge in [0.2, 0.25) is 11.8 Å². The van der Waals surface area contributed by atoms with E-state index in [9.17, 15) is 9.59 Å². The average Bonchev–Trinajstić information content (AvgIpc) is 2.83. The van der Waals surface area contributed by atoms with E-state index >= 15 is 0 Å². The highest BCUT2D eigenvalue weighted by Gasteiger charge is 2.32. The van der Waals surface area contributed by atoms with Crippen molar-refractivity contribution in [3.05, 3.63) is 106 Å². The van der Waals surface area contributed by atoms with Crippen LogP contribution in [0.15, 0.2) is 78.9 Å². The van der Waals surface area contributed by atoms with Crippen LogP contribution in [-0.4, -0.2) is 34.0 Å². The predicted octanol–water partition coefficient (Wildman–Crippen LogP) is 6.44. The van der Waals surface area contributed by atoms with Gasteiger partial charge < -0.3 is 10.2 Å². The van der Waals surface area contributed by atoms with Gasteiger partial charge in [-0.1, -0.05) is 83.9 Å². The molecule has 0 radical (unpaired) electrons. The van der Waals surface area contributed by atoms with Crippen molar-refractivity contribution in [1.82, 2.24) is 10.2 Å². The third-order valence-electron chi connectivity index (χ3n) is 5.65. The summed E-state index contributed by atoms with van der Waals surface area (Å²) in [5.41, 5.74) is 3.91. The Morgan fingerprint density at radius 3 is 2.11 bits per heavy atom. The second-order valence-corrected chi connectivity index (χ2v) is 11.5. The molecule has 0 aliphatic carbocycles. The van der Waals surface area contributed by atoms with Crippen molar-refractivity contribution in [2.45, 2.75) is 58.0 Å². The van der Waals surface area contributed by atoms with Crippen molar-refractivity contribution >= 4 is 35.2 Å². The van der Waals surface area contributed by atoms with Gasteiger partial charge in [0.25, 0.3) is 0 Å².